The molecule has 0 aliphatic carbocycles. The van der Waals surface area contributed by atoms with Gasteiger partial charge < -0.3 is 19.3 Å². The highest BCUT2D eigenvalue weighted by molar-refractivity contribution is 6.18. The van der Waals surface area contributed by atoms with E-state index in [0.717, 1.165) is 17.1 Å². The standard InChI is InChI=1S/C24H33ClO4/c1-17(13-25)14-29-23-11-8-20(12-18(23)2)24(3,4)19-6-9-22(10-7-19)28-16-21(26)15-27-5/h6-12,17,21,26H,13-16H2,1-5H3. The summed E-state index contributed by atoms with van der Waals surface area (Å²) < 4.78 is 16.5. The number of aliphatic hydroxyl groups excluding tert-OH is 1. The van der Waals surface area contributed by atoms with Gasteiger partial charge in [-0.3, -0.25) is 0 Å². The Morgan fingerprint density at radius 1 is 0.966 bits per heavy atom. The van der Waals surface area contributed by atoms with Crippen molar-refractivity contribution in [2.45, 2.75) is 39.2 Å². The zero-order valence-electron chi connectivity index (χ0n) is 18.1. The summed E-state index contributed by atoms with van der Waals surface area (Å²) in [7, 11) is 1.56. The van der Waals surface area contributed by atoms with Gasteiger partial charge in [0.1, 0.15) is 24.2 Å². The van der Waals surface area contributed by atoms with E-state index in [-0.39, 0.29) is 18.6 Å². The van der Waals surface area contributed by atoms with Crippen LogP contribution in [0.3, 0.4) is 0 Å². The lowest BCUT2D eigenvalue weighted by atomic mass is 9.77. The maximum absolute atomic E-state index is 9.71. The third kappa shape index (κ3) is 6.63. The minimum absolute atomic E-state index is 0.166. The summed E-state index contributed by atoms with van der Waals surface area (Å²) >= 11 is 5.86. The van der Waals surface area contributed by atoms with Crippen LogP contribution < -0.4 is 9.47 Å². The zero-order valence-corrected chi connectivity index (χ0v) is 18.8. The molecule has 0 saturated heterocycles. The van der Waals surface area contributed by atoms with Crippen molar-refractivity contribution in [3.63, 3.8) is 0 Å². The van der Waals surface area contributed by atoms with Gasteiger partial charge in [-0.05, 0) is 41.8 Å². The Morgan fingerprint density at radius 2 is 1.62 bits per heavy atom. The van der Waals surface area contributed by atoms with E-state index in [1.807, 2.05) is 18.2 Å². The summed E-state index contributed by atoms with van der Waals surface area (Å²) in [5, 5.41) is 9.71. The Bertz CT molecular complexity index is 758. The number of alkyl halides is 1. The van der Waals surface area contributed by atoms with Crippen LogP contribution in [-0.2, 0) is 10.2 Å². The molecule has 0 spiro atoms. The molecule has 0 fully saturated rings. The molecule has 0 aromatic heterocycles. The monoisotopic (exact) mass is 420 g/mol. The van der Waals surface area contributed by atoms with E-state index in [1.54, 1.807) is 7.11 Å². The van der Waals surface area contributed by atoms with Gasteiger partial charge in [0.05, 0.1) is 13.2 Å². The van der Waals surface area contributed by atoms with Crippen molar-refractivity contribution < 1.29 is 19.3 Å². The molecule has 2 unspecified atom stereocenters. The van der Waals surface area contributed by atoms with Gasteiger partial charge in [0.2, 0.25) is 0 Å². The van der Waals surface area contributed by atoms with Gasteiger partial charge in [-0.2, -0.15) is 0 Å². The SMILES string of the molecule is COCC(O)COc1ccc(C(C)(C)c2ccc(OCC(C)CCl)c(C)c2)cc1. The fourth-order valence-electron chi connectivity index (χ4n) is 3.04. The number of hydrogen-bond acceptors (Lipinski definition) is 4. The topological polar surface area (TPSA) is 47.9 Å². The Labute approximate surface area is 179 Å². The molecule has 0 bridgehead atoms. The van der Waals surface area contributed by atoms with E-state index in [9.17, 15) is 5.11 Å². The van der Waals surface area contributed by atoms with E-state index in [1.165, 1.54) is 11.1 Å². The summed E-state index contributed by atoms with van der Waals surface area (Å²) in [6, 6.07) is 14.4. The highest BCUT2D eigenvalue weighted by atomic mass is 35.5. The van der Waals surface area contributed by atoms with Crippen molar-refractivity contribution >= 4 is 11.6 Å². The summed E-state index contributed by atoms with van der Waals surface area (Å²) in [6.07, 6.45) is -0.632. The van der Waals surface area contributed by atoms with Crippen LogP contribution in [0.1, 0.15) is 37.5 Å². The normalized spacial score (nSPS) is 13.8. The van der Waals surface area contributed by atoms with E-state index in [4.69, 9.17) is 25.8 Å². The van der Waals surface area contributed by atoms with E-state index in [0.29, 0.717) is 18.4 Å². The molecule has 0 aliphatic heterocycles. The van der Waals surface area contributed by atoms with Gasteiger partial charge in [-0.1, -0.05) is 45.0 Å². The third-order valence-electron chi connectivity index (χ3n) is 5.06. The van der Waals surface area contributed by atoms with Crippen LogP contribution in [0.2, 0.25) is 0 Å². The number of benzene rings is 2. The van der Waals surface area contributed by atoms with Crippen LogP contribution in [0.4, 0.5) is 0 Å². The lowest BCUT2D eigenvalue weighted by Crippen LogP contribution is -2.22. The second-order valence-corrected chi connectivity index (χ2v) is 8.43. The van der Waals surface area contributed by atoms with Crippen molar-refractivity contribution in [2.75, 3.05) is 32.8 Å². The highest BCUT2D eigenvalue weighted by Gasteiger charge is 2.24. The number of aliphatic hydroxyl groups is 1. The maximum atomic E-state index is 9.71. The average Bonchev–Trinajstić information content (AvgIpc) is 2.71. The molecule has 29 heavy (non-hydrogen) atoms. The first-order valence-corrected chi connectivity index (χ1v) is 10.5. The Balaban J connectivity index is 2.08. The summed E-state index contributed by atoms with van der Waals surface area (Å²) in [5.41, 5.74) is 3.35. The second kappa shape index (κ2) is 10.9. The lowest BCUT2D eigenvalue weighted by molar-refractivity contribution is 0.0325. The number of hydrogen-bond donors (Lipinski definition) is 1. The molecule has 2 rings (SSSR count). The lowest BCUT2D eigenvalue weighted by Gasteiger charge is -2.27. The Hall–Kier alpha value is -1.75. The Morgan fingerprint density at radius 3 is 2.21 bits per heavy atom. The largest absolute Gasteiger partial charge is 0.493 e. The zero-order chi connectivity index (χ0) is 21.4. The molecule has 4 nitrogen and oxygen atoms in total. The van der Waals surface area contributed by atoms with Crippen LogP contribution in [-0.4, -0.2) is 44.0 Å². The fraction of sp³-hybridized carbons (Fsp3) is 0.500. The number of rotatable bonds is 11. The third-order valence-corrected chi connectivity index (χ3v) is 5.59. The van der Waals surface area contributed by atoms with Gasteiger partial charge in [0.25, 0.3) is 0 Å². The van der Waals surface area contributed by atoms with Crippen molar-refractivity contribution in [2.24, 2.45) is 5.92 Å². The molecule has 0 saturated carbocycles. The van der Waals surface area contributed by atoms with Gasteiger partial charge in [0.15, 0.2) is 0 Å². The fourth-order valence-corrected chi connectivity index (χ4v) is 3.13. The van der Waals surface area contributed by atoms with Gasteiger partial charge in [-0.25, -0.2) is 0 Å². The van der Waals surface area contributed by atoms with Crippen molar-refractivity contribution in [1.82, 2.24) is 0 Å². The molecule has 0 heterocycles. The molecular formula is C24H33ClO4. The van der Waals surface area contributed by atoms with E-state index < -0.39 is 6.10 Å². The molecular weight excluding hydrogens is 388 g/mol. The quantitative estimate of drug-likeness (QED) is 0.522. The minimum Gasteiger partial charge on any atom is -0.493 e. The van der Waals surface area contributed by atoms with Crippen molar-refractivity contribution in [3.05, 3.63) is 59.2 Å². The van der Waals surface area contributed by atoms with Crippen molar-refractivity contribution in [1.29, 1.82) is 0 Å². The minimum atomic E-state index is -0.632. The molecule has 160 valence electrons. The second-order valence-electron chi connectivity index (χ2n) is 8.12. The van der Waals surface area contributed by atoms with Gasteiger partial charge >= 0.3 is 0 Å². The van der Waals surface area contributed by atoms with Gasteiger partial charge in [-0.15, -0.1) is 11.6 Å². The van der Waals surface area contributed by atoms with Crippen LogP contribution in [0, 0.1) is 12.8 Å². The van der Waals surface area contributed by atoms with E-state index in [2.05, 4.69) is 52.0 Å². The first-order valence-electron chi connectivity index (χ1n) is 9.98. The smallest absolute Gasteiger partial charge is 0.122 e. The summed E-state index contributed by atoms with van der Waals surface area (Å²) in [4.78, 5) is 0. The molecule has 2 aromatic carbocycles. The predicted molar refractivity (Wildman–Crippen MR) is 119 cm³/mol. The molecule has 2 aromatic rings. The molecule has 0 amide bonds. The van der Waals surface area contributed by atoms with Crippen molar-refractivity contribution in [3.8, 4) is 11.5 Å². The van der Waals surface area contributed by atoms with E-state index >= 15 is 0 Å². The van der Waals surface area contributed by atoms with Crippen LogP contribution in [0.25, 0.3) is 0 Å². The van der Waals surface area contributed by atoms with Gasteiger partial charge in [0, 0.05) is 24.3 Å². The summed E-state index contributed by atoms with van der Waals surface area (Å²) in [6.45, 7) is 9.64. The number of methoxy groups -OCH3 is 1. The number of aryl methyl sites for hydroxylation is 1. The maximum Gasteiger partial charge on any atom is 0.122 e. The first kappa shape index (κ1) is 23.5. The molecule has 0 radical (unpaired) electrons. The predicted octanol–water partition coefficient (Wildman–Crippen LogP) is 4.96. The molecule has 0 aliphatic rings. The number of ether oxygens (including phenoxy) is 3. The number of halogens is 1. The molecule has 2 atom stereocenters. The first-order chi connectivity index (χ1) is 13.8. The van der Waals surface area contributed by atoms with Crippen LogP contribution in [0.15, 0.2) is 42.5 Å². The average molecular weight is 421 g/mol. The molecule has 5 heteroatoms. The van der Waals surface area contributed by atoms with Crippen LogP contribution >= 0.6 is 11.6 Å². The highest BCUT2D eigenvalue weighted by Crippen LogP contribution is 2.34. The van der Waals surface area contributed by atoms with Crippen LogP contribution in [0.5, 0.6) is 11.5 Å². The summed E-state index contributed by atoms with van der Waals surface area (Å²) in [5.74, 6) is 2.55. The Kier molecular flexibility index (Phi) is 8.81. The molecule has 1 N–H and O–H groups in total.